The molecule has 9 heteroatoms. The highest BCUT2D eigenvalue weighted by atomic mass is 32.2. The van der Waals surface area contributed by atoms with E-state index in [0.29, 0.717) is 11.4 Å². The highest BCUT2D eigenvalue weighted by molar-refractivity contribution is 7.89. The van der Waals surface area contributed by atoms with Crippen LogP contribution in [0.25, 0.3) is 0 Å². The summed E-state index contributed by atoms with van der Waals surface area (Å²) in [5, 5.41) is 5.76. The van der Waals surface area contributed by atoms with Gasteiger partial charge >= 0.3 is 6.03 Å². The maximum absolute atomic E-state index is 13.3. The molecule has 1 aliphatic carbocycles. The van der Waals surface area contributed by atoms with Crippen LogP contribution in [0.1, 0.15) is 37.1 Å². The van der Waals surface area contributed by atoms with Crippen LogP contribution in [-0.2, 0) is 10.0 Å². The number of hydrogen-bond donors (Lipinski definition) is 2. The topological polar surface area (TPSA) is 94.6 Å². The van der Waals surface area contributed by atoms with Crippen molar-refractivity contribution >= 4 is 21.7 Å². The van der Waals surface area contributed by atoms with Crippen molar-refractivity contribution in [3.05, 3.63) is 53.9 Å². The number of carbonyl (C=O) groups excluding carboxylic acids is 1. The Kier molecular flexibility index (Phi) is 7.31. The first-order valence-corrected chi connectivity index (χ1v) is 13.1. The quantitative estimate of drug-likeness (QED) is 0.617. The Balaban J connectivity index is 1.25. The van der Waals surface area contributed by atoms with E-state index in [0.717, 1.165) is 62.4 Å². The van der Waals surface area contributed by atoms with Crippen molar-refractivity contribution in [2.75, 3.05) is 31.5 Å². The number of amides is 2. The monoisotopic (exact) mass is 471 g/mol. The molecule has 2 aromatic rings. The van der Waals surface area contributed by atoms with Gasteiger partial charge in [0.15, 0.2) is 0 Å². The first-order chi connectivity index (χ1) is 15.8. The number of sulfonamides is 1. The first-order valence-electron chi connectivity index (χ1n) is 11.6. The molecule has 4 rings (SSSR count). The summed E-state index contributed by atoms with van der Waals surface area (Å²) in [5.41, 5.74) is 2.46. The van der Waals surface area contributed by atoms with Crippen LogP contribution < -0.4 is 10.6 Å². The number of carbonyl (C=O) groups is 1. The number of piperidine rings is 1. The van der Waals surface area contributed by atoms with Crippen LogP contribution in [0.5, 0.6) is 0 Å². The van der Waals surface area contributed by atoms with Crippen molar-refractivity contribution in [3.63, 3.8) is 0 Å². The lowest BCUT2D eigenvalue weighted by Crippen LogP contribution is -2.49. The van der Waals surface area contributed by atoms with Gasteiger partial charge in [-0.2, -0.15) is 4.31 Å². The van der Waals surface area contributed by atoms with E-state index >= 15 is 0 Å². The lowest BCUT2D eigenvalue weighted by Gasteiger charge is -2.38. The third kappa shape index (κ3) is 6.10. The van der Waals surface area contributed by atoms with Crippen LogP contribution in [-0.4, -0.2) is 66.9 Å². The van der Waals surface area contributed by atoms with Gasteiger partial charge in [-0.1, -0.05) is 18.2 Å². The van der Waals surface area contributed by atoms with E-state index < -0.39 is 10.0 Å². The maximum atomic E-state index is 13.3. The van der Waals surface area contributed by atoms with E-state index in [1.54, 1.807) is 28.6 Å². The van der Waals surface area contributed by atoms with E-state index in [4.69, 9.17) is 0 Å². The number of hydrogen-bond acceptors (Lipinski definition) is 5. The highest BCUT2D eigenvalue weighted by Crippen LogP contribution is 2.36. The predicted octanol–water partition coefficient (Wildman–Crippen LogP) is 3.14. The molecule has 2 aliphatic rings. The van der Waals surface area contributed by atoms with Crippen LogP contribution in [0.15, 0.2) is 47.4 Å². The summed E-state index contributed by atoms with van der Waals surface area (Å²) in [6, 6.07) is 12.4. The van der Waals surface area contributed by atoms with Gasteiger partial charge in [-0.25, -0.2) is 13.2 Å². The second-order valence-corrected chi connectivity index (χ2v) is 10.8. The number of anilines is 1. The van der Waals surface area contributed by atoms with E-state index in [-0.39, 0.29) is 18.1 Å². The molecule has 2 fully saturated rings. The number of pyridine rings is 1. The number of likely N-dealkylation sites (tertiary alicyclic amines) is 1. The zero-order valence-corrected chi connectivity index (χ0v) is 20.1. The Bertz CT molecular complexity index is 1040. The average molecular weight is 472 g/mol. The number of aryl methyl sites for hydroxylation is 2. The van der Waals surface area contributed by atoms with Crippen molar-refractivity contribution in [2.24, 2.45) is 0 Å². The van der Waals surface area contributed by atoms with E-state index in [1.165, 1.54) is 0 Å². The van der Waals surface area contributed by atoms with Gasteiger partial charge in [-0.3, -0.25) is 4.98 Å². The smallest absolute Gasteiger partial charge is 0.319 e. The summed E-state index contributed by atoms with van der Waals surface area (Å²) < 4.78 is 28.4. The first kappa shape index (κ1) is 23.7. The fraction of sp³-hybridized carbons (Fsp3) is 0.500. The molecule has 1 saturated carbocycles. The van der Waals surface area contributed by atoms with Gasteiger partial charge in [0, 0.05) is 42.2 Å². The standard InChI is InChI=1S/C24H33N5O3S/c1-18-16-20(17-19(2)26-18)27-24(30)25-12-15-28-13-10-22(11-14-28)29(21-8-9-21)33(31,32)23-6-4-3-5-7-23/h3-7,16-17,21-22H,8-15H2,1-2H3,(H2,25,26,27,30). The van der Waals surface area contributed by atoms with Crippen LogP contribution in [0, 0.1) is 13.8 Å². The van der Waals surface area contributed by atoms with Crippen LogP contribution in [0.2, 0.25) is 0 Å². The third-order valence-corrected chi connectivity index (χ3v) is 8.21. The molecule has 0 unspecified atom stereocenters. The SMILES string of the molecule is Cc1cc(NC(=O)NCCN2CCC(N(C3CC3)S(=O)(=O)c3ccccc3)CC2)cc(C)n1. The molecule has 2 amide bonds. The van der Waals surface area contributed by atoms with Crippen LogP contribution in [0.3, 0.4) is 0 Å². The summed E-state index contributed by atoms with van der Waals surface area (Å²) in [4.78, 5) is 19.2. The molecule has 1 aliphatic heterocycles. The zero-order valence-electron chi connectivity index (χ0n) is 19.3. The minimum atomic E-state index is -3.47. The van der Waals surface area contributed by atoms with Gasteiger partial charge in [-0.15, -0.1) is 0 Å². The second-order valence-electron chi connectivity index (χ2n) is 8.97. The van der Waals surface area contributed by atoms with Gasteiger partial charge in [-0.05, 0) is 76.9 Å². The Hall–Kier alpha value is -2.49. The Morgan fingerprint density at radius 1 is 1.03 bits per heavy atom. The summed E-state index contributed by atoms with van der Waals surface area (Å²) >= 11 is 0. The lowest BCUT2D eigenvalue weighted by atomic mass is 10.0. The van der Waals surface area contributed by atoms with Gasteiger partial charge in [0.05, 0.1) is 4.90 Å². The molecular formula is C24H33N5O3S. The van der Waals surface area contributed by atoms with Crippen molar-refractivity contribution in [3.8, 4) is 0 Å². The molecule has 0 atom stereocenters. The van der Waals surface area contributed by atoms with Gasteiger partial charge in [0.1, 0.15) is 0 Å². The molecule has 0 spiro atoms. The van der Waals surface area contributed by atoms with Gasteiger partial charge in [0.25, 0.3) is 0 Å². The fourth-order valence-corrected chi connectivity index (χ4v) is 6.49. The number of nitrogens with zero attached hydrogens (tertiary/aromatic N) is 3. The van der Waals surface area contributed by atoms with Crippen molar-refractivity contribution < 1.29 is 13.2 Å². The Morgan fingerprint density at radius 2 is 1.64 bits per heavy atom. The predicted molar refractivity (Wildman–Crippen MR) is 129 cm³/mol. The van der Waals surface area contributed by atoms with Crippen LogP contribution in [0.4, 0.5) is 10.5 Å². The van der Waals surface area contributed by atoms with E-state index in [2.05, 4.69) is 20.5 Å². The van der Waals surface area contributed by atoms with Crippen molar-refractivity contribution in [2.45, 2.75) is 56.5 Å². The number of aromatic nitrogens is 1. The number of benzene rings is 1. The number of urea groups is 1. The fourth-order valence-electron chi connectivity index (χ4n) is 4.54. The Morgan fingerprint density at radius 3 is 2.24 bits per heavy atom. The second kappa shape index (κ2) is 10.2. The number of rotatable bonds is 8. The minimum absolute atomic E-state index is 0.0355. The summed E-state index contributed by atoms with van der Waals surface area (Å²) in [5.74, 6) is 0. The molecule has 1 saturated heterocycles. The molecule has 1 aromatic carbocycles. The van der Waals surface area contributed by atoms with Gasteiger partial charge in [0.2, 0.25) is 10.0 Å². The highest BCUT2D eigenvalue weighted by Gasteiger charge is 2.43. The molecule has 8 nitrogen and oxygen atoms in total. The molecule has 0 bridgehead atoms. The maximum Gasteiger partial charge on any atom is 0.319 e. The zero-order chi connectivity index (χ0) is 23.4. The summed E-state index contributed by atoms with van der Waals surface area (Å²) in [6.45, 7) is 6.72. The molecule has 0 radical (unpaired) electrons. The summed E-state index contributed by atoms with van der Waals surface area (Å²) in [7, 11) is -3.47. The molecule has 2 N–H and O–H groups in total. The van der Waals surface area contributed by atoms with Crippen molar-refractivity contribution in [1.82, 2.24) is 19.5 Å². The van der Waals surface area contributed by atoms with Gasteiger partial charge < -0.3 is 15.5 Å². The molecule has 178 valence electrons. The molecular weight excluding hydrogens is 438 g/mol. The average Bonchev–Trinajstić information content (AvgIpc) is 3.60. The number of nitrogens with one attached hydrogen (secondary N) is 2. The Labute approximate surface area is 196 Å². The summed E-state index contributed by atoms with van der Waals surface area (Å²) in [6.07, 6.45) is 3.51. The molecule has 1 aromatic heterocycles. The van der Waals surface area contributed by atoms with Crippen LogP contribution >= 0.6 is 0 Å². The largest absolute Gasteiger partial charge is 0.337 e. The van der Waals surface area contributed by atoms with E-state index in [9.17, 15) is 13.2 Å². The van der Waals surface area contributed by atoms with E-state index in [1.807, 2.05) is 32.0 Å². The normalized spacial score (nSPS) is 17.8. The third-order valence-electron chi connectivity index (χ3n) is 6.20. The minimum Gasteiger partial charge on any atom is -0.337 e. The lowest BCUT2D eigenvalue weighted by molar-refractivity contribution is 0.156. The molecule has 2 heterocycles. The van der Waals surface area contributed by atoms with Crippen molar-refractivity contribution in [1.29, 1.82) is 0 Å². The molecule has 33 heavy (non-hydrogen) atoms.